The molecule has 1 N–H and O–H groups in total. The molecule has 66 valence electrons. The quantitative estimate of drug-likeness (QED) is 0.764. The highest BCUT2D eigenvalue weighted by Crippen LogP contribution is 2.27. The van der Waals surface area contributed by atoms with E-state index in [1.807, 2.05) is 0 Å². The van der Waals surface area contributed by atoms with E-state index < -0.39 is 6.43 Å². The molecule has 12 heavy (non-hydrogen) atoms. The first-order chi connectivity index (χ1) is 5.65. The fourth-order valence-electron chi connectivity index (χ4n) is 0.846. The van der Waals surface area contributed by atoms with Crippen molar-refractivity contribution in [3.05, 3.63) is 34.3 Å². The topological polar surface area (TPSA) is 20.2 Å². The first kappa shape index (κ1) is 9.42. The molecule has 0 bridgehead atoms. The predicted molar refractivity (Wildman–Crippen MR) is 42.3 cm³/mol. The van der Waals surface area contributed by atoms with Crippen molar-refractivity contribution in [1.82, 2.24) is 0 Å². The zero-order valence-corrected chi connectivity index (χ0v) is 6.85. The Morgan fingerprint density at radius 2 is 2.08 bits per heavy atom. The minimum atomic E-state index is -2.56. The molecule has 0 heterocycles. The van der Waals surface area contributed by atoms with Crippen LogP contribution >= 0.6 is 11.6 Å². The van der Waals surface area contributed by atoms with Crippen molar-refractivity contribution in [2.24, 2.45) is 0 Å². The Morgan fingerprint density at radius 1 is 1.42 bits per heavy atom. The average Bonchev–Trinajstić information content (AvgIpc) is 2.03. The molecule has 0 spiro atoms. The minimum absolute atomic E-state index is 0.00319. The fourth-order valence-corrected chi connectivity index (χ4v) is 1.13. The maximum Gasteiger partial charge on any atom is 0.265 e. The molecule has 1 rings (SSSR count). The number of rotatable bonds is 2. The highest BCUT2D eigenvalue weighted by molar-refractivity contribution is 6.31. The Morgan fingerprint density at radius 3 is 2.50 bits per heavy atom. The molecule has 0 aliphatic carbocycles. The summed E-state index contributed by atoms with van der Waals surface area (Å²) in [6.45, 7) is -0.191. The van der Waals surface area contributed by atoms with Gasteiger partial charge < -0.3 is 5.11 Å². The van der Waals surface area contributed by atoms with Crippen molar-refractivity contribution in [2.45, 2.75) is 13.0 Å². The molecular weight excluding hydrogens is 186 g/mol. The van der Waals surface area contributed by atoms with Gasteiger partial charge in [0.15, 0.2) is 0 Å². The van der Waals surface area contributed by atoms with Crippen molar-refractivity contribution in [3.63, 3.8) is 0 Å². The van der Waals surface area contributed by atoms with Crippen molar-refractivity contribution >= 4 is 11.6 Å². The number of aliphatic hydroxyl groups excluding tert-OH is 1. The average molecular weight is 193 g/mol. The second-order valence-electron chi connectivity index (χ2n) is 2.31. The molecule has 0 unspecified atom stereocenters. The summed E-state index contributed by atoms with van der Waals surface area (Å²) in [5.41, 5.74) is 0.332. The smallest absolute Gasteiger partial charge is 0.265 e. The number of benzene rings is 1. The highest BCUT2D eigenvalue weighted by Gasteiger charge is 2.11. The minimum Gasteiger partial charge on any atom is -0.392 e. The molecule has 0 amide bonds. The monoisotopic (exact) mass is 192 g/mol. The van der Waals surface area contributed by atoms with Crippen LogP contribution in [0.2, 0.25) is 5.02 Å². The maximum atomic E-state index is 12.1. The van der Waals surface area contributed by atoms with Crippen molar-refractivity contribution in [2.75, 3.05) is 0 Å². The summed E-state index contributed by atoms with van der Waals surface area (Å²) in [6, 6.07) is 3.98. The van der Waals surface area contributed by atoms with Gasteiger partial charge in [-0.05, 0) is 11.6 Å². The third-order valence-corrected chi connectivity index (χ3v) is 1.81. The Balaban J connectivity index is 3.03. The van der Waals surface area contributed by atoms with Crippen LogP contribution in [-0.2, 0) is 6.61 Å². The van der Waals surface area contributed by atoms with Crippen LogP contribution in [0.4, 0.5) is 8.78 Å². The number of hydrogen-bond donors (Lipinski definition) is 1. The van der Waals surface area contributed by atoms with Crippen molar-refractivity contribution < 1.29 is 13.9 Å². The van der Waals surface area contributed by atoms with Gasteiger partial charge in [-0.2, -0.15) is 0 Å². The molecule has 1 aromatic rings. The molecule has 1 nitrogen and oxygen atoms in total. The predicted octanol–water partition coefficient (Wildman–Crippen LogP) is 2.77. The van der Waals surface area contributed by atoms with Crippen LogP contribution in [-0.4, -0.2) is 5.11 Å². The number of aliphatic hydroxyl groups is 1. The lowest BCUT2D eigenvalue weighted by Gasteiger charge is -2.03. The third-order valence-electron chi connectivity index (χ3n) is 1.48. The molecule has 4 heteroatoms. The van der Waals surface area contributed by atoms with Crippen LogP contribution in [0, 0.1) is 0 Å². The van der Waals surface area contributed by atoms with E-state index in [4.69, 9.17) is 16.7 Å². The van der Waals surface area contributed by atoms with Crippen molar-refractivity contribution in [1.29, 1.82) is 0 Å². The lowest BCUT2D eigenvalue weighted by Crippen LogP contribution is -1.89. The SMILES string of the molecule is OCc1ccc(C(F)F)c(Cl)c1. The summed E-state index contributed by atoms with van der Waals surface area (Å²) in [5, 5.41) is 8.64. The summed E-state index contributed by atoms with van der Waals surface area (Å²) in [4.78, 5) is 0. The standard InChI is InChI=1S/C8H7ClF2O/c9-7-3-5(4-12)1-2-6(7)8(10)11/h1-3,8,12H,4H2. The Hall–Kier alpha value is -0.670. The lowest BCUT2D eigenvalue weighted by molar-refractivity contribution is 0.151. The third kappa shape index (κ3) is 1.93. The first-order valence-electron chi connectivity index (χ1n) is 3.32. The lowest BCUT2D eigenvalue weighted by atomic mass is 10.1. The molecular formula is C8H7ClF2O. The van der Waals surface area contributed by atoms with Gasteiger partial charge in [-0.1, -0.05) is 23.7 Å². The van der Waals surface area contributed by atoms with Crippen LogP contribution < -0.4 is 0 Å². The second-order valence-corrected chi connectivity index (χ2v) is 2.72. The first-order valence-corrected chi connectivity index (χ1v) is 3.70. The number of halogens is 3. The van der Waals surface area contributed by atoms with E-state index in [0.29, 0.717) is 5.56 Å². The van der Waals surface area contributed by atoms with Gasteiger partial charge in [-0.15, -0.1) is 0 Å². The largest absolute Gasteiger partial charge is 0.392 e. The summed E-state index contributed by atoms with van der Waals surface area (Å²) in [6.07, 6.45) is -2.56. The number of alkyl halides is 2. The van der Waals surface area contributed by atoms with Gasteiger partial charge in [0, 0.05) is 10.6 Å². The summed E-state index contributed by atoms with van der Waals surface area (Å²) >= 11 is 5.51. The van der Waals surface area contributed by atoms with Gasteiger partial charge in [0.05, 0.1) is 6.61 Å². The van der Waals surface area contributed by atoms with Crippen LogP contribution in [0.1, 0.15) is 17.6 Å². The van der Waals surface area contributed by atoms with E-state index in [1.54, 1.807) is 0 Å². The van der Waals surface area contributed by atoms with E-state index >= 15 is 0 Å². The number of hydrogen-bond acceptors (Lipinski definition) is 1. The molecule has 0 aliphatic rings. The van der Waals surface area contributed by atoms with Crippen LogP contribution in [0.15, 0.2) is 18.2 Å². The molecule has 0 saturated carbocycles. The normalized spacial score (nSPS) is 10.8. The van der Waals surface area contributed by atoms with Crippen LogP contribution in [0.3, 0.4) is 0 Å². The van der Waals surface area contributed by atoms with E-state index in [9.17, 15) is 8.78 Å². The van der Waals surface area contributed by atoms with E-state index in [-0.39, 0.29) is 17.2 Å². The molecule has 0 aliphatic heterocycles. The molecule has 0 radical (unpaired) electrons. The Labute approximate surface area is 73.6 Å². The van der Waals surface area contributed by atoms with Gasteiger partial charge in [0.1, 0.15) is 0 Å². The molecule has 0 fully saturated rings. The zero-order chi connectivity index (χ0) is 9.14. The zero-order valence-electron chi connectivity index (χ0n) is 6.10. The second kappa shape index (κ2) is 3.83. The molecule has 0 atom stereocenters. The van der Waals surface area contributed by atoms with Crippen LogP contribution in [0.5, 0.6) is 0 Å². The summed E-state index contributed by atoms with van der Waals surface area (Å²) < 4.78 is 24.2. The van der Waals surface area contributed by atoms with Gasteiger partial charge in [0.2, 0.25) is 0 Å². The van der Waals surface area contributed by atoms with E-state index in [1.165, 1.54) is 18.2 Å². The van der Waals surface area contributed by atoms with Gasteiger partial charge in [0.25, 0.3) is 6.43 Å². The molecule has 0 saturated heterocycles. The fraction of sp³-hybridized carbons (Fsp3) is 0.250. The highest BCUT2D eigenvalue weighted by atomic mass is 35.5. The van der Waals surface area contributed by atoms with Gasteiger partial charge in [-0.25, -0.2) is 8.78 Å². The maximum absolute atomic E-state index is 12.1. The van der Waals surface area contributed by atoms with Crippen LogP contribution in [0.25, 0.3) is 0 Å². The summed E-state index contributed by atoms with van der Waals surface area (Å²) in [7, 11) is 0. The van der Waals surface area contributed by atoms with E-state index in [0.717, 1.165) is 0 Å². The van der Waals surface area contributed by atoms with Crippen molar-refractivity contribution in [3.8, 4) is 0 Å². The van der Waals surface area contributed by atoms with E-state index in [2.05, 4.69) is 0 Å². The molecule has 0 aromatic heterocycles. The van der Waals surface area contributed by atoms with Gasteiger partial charge >= 0.3 is 0 Å². The van der Waals surface area contributed by atoms with Gasteiger partial charge in [-0.3, -0.25) is 0 Å². The Kier molecular flexibility index (Phi) is 3.00. The Bertz CT molecular complexity index is 276. The molecule has 1 aromatic carbocycles. The summed E-state index contributed by atoms with van der Waals surface area (Å²) in [5.74, 6) is 0.